The molecule has 0 spiro atoms. The minimum Gasteiger partial charge on any atom is -0.394 e. The third kappa shape index (κ3) is 3.34. The second kappa shape index (κ2) is 6.79. The van der Waals surface area contributed by atoms with E-state index in [1.165, 1.54) is 0 Å². The highest BCUT2D eigenvalue weighted by atomic mass is 35.5. The van der Waals surface area contributed by atoms with Crippen LogP contribution in [0.1, 0.15) is 6.92 Å². The van der Waals surface area contributed by atoms with E-state index in [1.807, 2.05) is 18.2 Å². The number of halogens is 1. The highest BCUT2D eigenvalue weighted by molar-refractivity contribution is 6.32. The normalized spacial score (nSPS) is 11.7. The highest BCUT2D eigenvalue weighted by Crippen LogP contribution is 2.26. The molecular weight excluding hydrogens is 344 g/mol. The number of hydrogen-bond donors (Lipinski definition) is 3. The molecule has 0 amide bonds. The van der Waals surface area contributed by atoms with Crippen LogP contribution in [0.3, 0.4) is 0 Å². The summed E-state index contributed by atoms with van der Waals surface area (Å²) in [6, 6.07) is 10.6. The number of rotatable bonds is 5. The molecule has 130 valence electrons. The zero-order valence-electron chi connectivity index (χ0n) is 13.5. The number of anilines is 1. The standard InChI is InChI=1S/C17H17ClN4O3/c1-17(9-23,10-24)21-16-19-14-11(15(25)20-16)5-4-8-22(14)13-7-3-2-6-12(13)18/h2-8,23-24H,9-10H2,1H3,(H,20,21,25). The van der Waals surface area contributed by atoms with Crippen molar-refractivity contribution >= 4 is 17.5 Å². The van der Waals surface area contributed by atoms with Crippen molar-refractivity contribution in [3.8, 4) is 17.1 Å². The molecule has 1 aromatic rings. The van der Waals surface area contributed by atoms with Gasteiger partial charge < -0.3 is 15.5 Å². The Hall–Kier alpha value is -2.48. The lowest BCUT2D eigenvalue weighted by atomic mass is 10.1. The summed E-state index contributed by atoms with van der Waals surface area (Å²) >= 11 is 6.27. The van der Waals surface area contributed by atoms with E-state index < -0.39 is 11.1 Å². The first kappa shape index (κ1) is 17.3. The Morgan fingerprint density at radius 2 is 1.88 bits per heavy atom. The van der Waals surface area contributed by atoms with Gasteiger partial charge in [0.05, 0.1) is 35.0 Å². The molecule has 0 unspecified atom stereocenters. The van der Waals surface area contributed by atoms with Crippen molar-refractivity contribution in [1.29, 1.82) is 0 Å². The maximum atomic E-state index is 12.4. The third-order valence-electron chi connectivity index (χ3n) is 3.84. The van der Waals surface area contributed by atoms with Gasteiger partial charge in [0.15, 0.2) is 5.82 Å². The smallest absolute Gasteiger partial charge is 0.284 e. The minimum absolute atomic E-state index is 0.0232. The molecule has 0 saturated heterocycles. The van der Waals surface area contributed by atoms with Gasteiger partial charge >= 0.3 is 0 Å². The summed E-state index contributed by atoms with van der Waals surface area (Å²) in [4.78, 5) is 20.7. The van der Waals surface area contributed by atoms with Crippen molar-refractivity contribution < 1.29 is 10.2 Å². The molecule has 2 aliphatic heterocycles. The number of pyridine rings is 1. The van der Waals surface area contributed by atoms with Crippen LogP contribution in [0, 0.1) is 0 Å². The zero-order chi connectivity index (χ0) is 18.0. The second-order valence-corrected chi connectivity index (χ2v) is 6.33. The van der Waals surface area contributed by atoms with Crippen molar-refractivity contribution in [2.75, 3.05) is 18.5 Å². The van der Waals surface area contributed by atoms with Crippen molar-refractivity contribution in [2.24, 2.45) is 0 Å². The molecule has 0 aromatic heterocycles. The molecule has 3 N–H and O–H groups in total. The van der Waals surface area contributed by atoms with Crippen molar-refractivity contribution in [3.63, 3.8) is 0 Å². The Morgan fingerprint density at radius 3 is 2.56 bits per heavy atom. The summed E-state index contributed by atoms with van der Waals surface area (Å²) in [7, 11) is 0. The third-order valence-corrected chi connectivity index (χ3v) is 4.16. The molecule has 1 aromatic carbocycles. The number of nitrogens with zero attached hydrogens (tertiary/aromatic N) is 3. The predicted octanol–water partition coefficient (Wildman–Crippen LogP) is 1.54. The largest absolute Gasteiger partial charge is 0.394 e. The summed E-state index contributed by atoms with van der Waals surface area (Å²) in [6.45, 7) is 0.898. The van der Waals surface area contributed by atoms with Crippen LogP contribution in [0.2, 0.25) is 5.02 Å². The number of aliphatic hydroxyl groups is 2. The van der Waals surface area contributed by atoms with Gasteiger partial charge in [0.1, 0.15) is 0 Å². The van der Waals surface area contributed by atoms with Crippen molar-refractivity contribution in [3.05, 3.63) is 58.0 Å². The molecule has 2 aliphatic rings. The molecule has 2 heterocycles. The number of para-hydroxylation sites is 1. The van der Waals surface area contributed by atoms with E-state index in [-0.39, 0.29) is 19.2 Å². The quantitative estimate of drug-likeness (QED) is 0.638. The first-order valence-corrected chi connectivity index (χ1v) is 7.99. The summed E-state index contributed by atoms with van der Waals surface area (Å²) in [5.41, 5.74) is -0.509. The zero-order valence-corrected chi connectivity index (χ0v) is 14.2. The van der Waals surface area contributed by atoms with E-state index in [0.29, 0.717) is 22.1 Å². The Labute approximate surface area is 148 Å². The van der Waals surface area contributed by atoms with Gasteiger partial charge in [-0.3, -0.25) is 9.36 Å². The number of nitrogens with one attached hydrogen (secondary N) is 1. The maximum Gasteiger partial charge on any atom is 0.284 e. The van der Waals surface area contributed by atoms with Crippen LogP contribution in [0.15, 0.2) is 47.4 Å². The van der Waals surface area contributed by atoms with Crippen LogP contribution in [0.5, 0.6) is 0 Å². The van der Waals surface area contributed by atoms with Gasteiger partial charge in [0.2, 0.25) is 5.95 Å². The van der Waals surface area contributed by atoms with Gasteiger partial charge in [-0.15, -0.1) is 0 Å². The number of aliphatic hydroxyl groups excluding tert-OH is 2. The van der Waals surface area contributed by atoms with E-state index in [9.17, 15) is 15.0 Å². The van der Waals surface area contributed by atoms with Gasteiger partial charge in [-0.25, -0.2) is 0 Å². The number of aromatic nitrogens is 3. The Bertz CT molecular complexity index is 924. The molecule has 0 atom stereocenters. The summed E-state index contributed by atoms with van der Waals surface area (Å²) in [6.07, 6.45) is 1.75. The van der Waals surface area contributed by atoms with Gasteiger partial charge in [-0.1, -0.05) is 23.7 Å². The Morgan fingerprint density at radius 1 is 1.16 bits per heavy atom. The predicted molar refractivity (Wildman–Crippen MR) is 95.5 cm³/mol. The SMILES string of the molecule is CC(CO)(CO)Nc1nc2n(-c3ccccc3Cl)cccc-2c(=O)n1. The lowest BCUT2D eigenvalue weighted by molar-refractivity contribution is 0.147. The number of benzene rings is 1. The summed E-state index contributed by atoms with van der Waals surface area (Å²) < 4.78 is 1.70. The Balaban J connectivity index is 2.18. The van der Waals surface area contributed by atoms with Crippen LogP contribution >= 0.6 is 11.6 Å². The van der Waals surface area contributed by atoms with Crippen molar-refractivity contribution in [1.82, 2.24) is 14.5 Å². The molecule has 7 nitrogen and oxygen atoms in total. The molecule has 0 bridgehead atoms. The van der Waals surface area contributed by atoms with Crippen LogP contribution < -0.4 is 10.9 Å². The van der Waals surface area contributed by atoms with Gasteiger partial charge in [0, 0.05) is 6.20 Å². The molecule has 0 saturated carbocycles. The molecule has 3 rings (SSSR count). The fourth-order valence-electron chi connectivity index (χ4n) is 2.36. The lowest BCUT2D eigenvalue weighted by Crippen LogP contribution is -2.43. The summed E-state index contributed by atoms with van der Waals surface area (Å²) in [5, 5.41) is 22.2. The van der Waals surface area contributed by atoms with Crippen LogP contribution in [0.25, 0.3) is 17.1 Å². The van der Waals surface area contributed by atoms with E-state index in [4.69, 9.17) is 11.6 Å². The first-order valence-electron chi connectivity index (χ1n) is 7.62. The topological polar surface area (TPSA) is 100 Å². The van der Waals surface area contributed by atoms with E-state index in [2.05, 4.69) is 15.3 Å². The van der Waals surface area contributed by atoms with Crippen LogP contribution in [0.4, 0.5) is 5.95 Å². The minimum atomic E-state index is -1.05. The average Bonchev–Trinajstić information content (AvgIpc) is 2.62. The molecular formula is C17H17ClN4O3. The molecule has 25 heavy (non-hydrogen) atoms. The fraction of sp³-hybridized carbons (Fsp3) is 0.235. The monoisotopic (exact) mass is 360 g/mol. The molecule has 0 aliphatic carbocycles. The van der Waals surface area contributed by atoms with Crippen LogP contribution in [-0.2, 0) is 0 Å². The van der Waals surface area contributed by atoms with E-state index in [0.717, 1.165) is 0 Å². The second-order valence-electron chi connectivity index (χ2n) is 5.92. The molecule has 8 heteroatoms. The molecule has 0 fully saturated rings. The van der Waals surface area contributed by atoms with Crippen LogP contribution in [-0.4, -0.2) is 43.5 Å². The average molecular weight is 361 g/mol. The van der Waals surface area contributed by atoms with E-state index in [1.54, 1.807) is 35.9 Å². The summed E-state index contributed by atoms with van der Waals surface area (Å²) in [5.74, 6) is 0.395. The highest BCUT2D eigenvalue weighted by Gasteiger charge is 2.25. The maximum absolute atomic E-state index is 12.4. The fourth-order valence-corrected chi connectivity index (χ4v) is 2.59. The Kier molecular flexibility index (Phi) is 4.71. The van der Waals surface area contributed by atoms with Gasteiger partial charge in [-0.05, 0) is 31.2 Å². The van der Waals surface area contributed by atoms with E-state index >= 15 is 0 Å². The first-order chi connectivity index (χ1) is 12.0. The number of fused-ring (bicyclic) bond motifs is 1. The van der Waals surface area contributed by atoms with Crippen molar-refractivity contribution in [2.45, 2.75) is 12.5 Å². The van der Waals surface area contributed by atoms with Gasteiger partial charge in [-0.2, -0.15) is 9.97 Å². The molecule has 0 radical (unpaired) electrons. The van der Waals surface area contributed by atoms with Gasteiger partial charge in [0.25, 0.3) is 5.56 Å². The lowest BCUT2D eigenvalue weighted by Gasteiger charge is -2.26. The number of hydrogen-bond acceptors (Lipinski definition) is 6.